The molecule has 21 heavy (non-hydrogen) atoms. The maximum absolute atomic E-state index is 10.1. The Kier molecular flexibility index (Phi) is 3.00. The number of fused-ring (bicyclic) bond motifs is 1. The monoisotopic (exact) mass is 297 g/mol. The fraction of sp³-hybridized carbons (Fsp3) is 0.250. The van der Waals surface area contributed by atoms with Crippen molar-refractivity contribution in [2.24, 2.45) is 4.99 Å². The van der Waals surface area contributed by atoms with Crippen LogP contribution in [0.5, 0.6) is 5.88 Å². The van der Waals surface area contributed by atoms with Crippen LogP contribution in [0.25, 0.3) is 11.6 Å². The molecule has 2 aromatic rings. The van der Waals surface area contributed by atoms with E-state index in [9.17, 15) is 5.11 Å². The van der Waals surface area contributed by atoms with Gasteiger partial charge < -0.3 is 10.0 Å². The van der Waals surface area contributed by atoms with Crippen molar-refractivity contribution in [2.75, 3.05) is 18.0 Å². The summed E-state index contributed by atoms with van der Waals surface area (Å²) >= 11 is 1.55. The van der Waals surface area contributed by atoms with Gasteiger partial charge in [-0.2, -0.15) is 4.98 Å². The highest BCUT2D eigenvalue weighted by atomic mass is 32.1. The fourth-order valence-corrected chi connectivity index (χ4v) is 3.71. The molecule has 2 aliphatic rings. The summed E-state index contributed by atoms with van der Waals surface area (Å²) in [6, 6.07) is 8.03. The molecule has 0 spiro atoms. The average molecular weight is 297 g/mol. The third-order valence-corrected chi connectivity index (χ3v) is 4.90. The molecule has 0 saturated carbocycles. The smallest absolute Gasteiger partial charge is 0.231 e. The van der Waals surface area contributed by atoms with E-state index in [2.05, 4.69) is 14.9 Å². The molecule has 1 saturated heterocycles. The zero-order chi connectivity index (χ0) is 14.2. The molecule has 4 nitrogen and oxygen atoms in total. The molecule has 1 fully saturated rings. The highest BCUT2D eigenvalue weighted by Crippen LogP contribution is 2.37. The maximum atomic E-state index is 10.1. The summed E-state index contributed by atoms with van der Waals surface area (Å²) in [4.78, 5) is 11.7. The minimum Gasteiger partial charge on any atom is -0.492 e. The van der Waals surface area contributed by atoms with Crippen molar-refractivity contribution < 1.29 is 5.11 Å². The molecule has 4 rings (SSSR count). The Morgan fingerprint density at radius 3 is 2.86 bits per heavy atom. The standard InChI is InChI=1S/C16H15N3OS/c20-15-14(21-16(18-15)19-7-3-4-8-19)9-11-10-17-13-6-2-1-5-12(11)13/h1-2,5-6,9-10,20H,3-4,7-8H2. The molecule has 0 atom stereocenters. The quantitative estimate of drug-likeness (QED) is 0.919. The van der Waals surface area contributed by atoms with E-state index in [0.29, 0.717) is 0 Å². The number of para-hydroxylation sites is 1. The molecule has 106 valence electrons. The van der Waals surface area contributed by atoms with Gasteiger partial charge in [0.15, 0.2) is 5.13 Å². The van der Waals surface area contributed by atoms with Crippen LogP contribution in [-0.2, 0) is 0 Å². The number of anilines is 1. The summed E-state index contributed by atoms with van der Waals surface area (Å²) in [5.41, 5.74) is 3.11. The van der Waals surface area contributed by atoms with Gasteiger partial charge in [0.25, 0.3) is 0 Å². The average Bonchev–Trinajstić information content (AvgIpc) is 3.21. The van der Waals surface area contributed by atoms with E-state index in [4.69, 9.17) is 0 Å². The number of allylic oxidation sites excluding steroid dienone is 1. The van der Waals surface area contributed by atoms with E-state index in [0.717, 1.165) is 39.9 Å². The summed E-state index contributed by atoms with van der Waals surface area (Å²) in [5.74, 6) is 0.118. The molecular weight excluding hydrogens is 282 g/mol. The van der Waals surface area contributed by atoms with Gasteiger partial charge >= 0.3 is 0 Å². The van der Waals surface area contributed by atoms with Crippen molar-refractivity contribution in [3.8, 4) is 5.88 Å². The van der Waals surface area contributed by atoms with Crippen LogP contribution in [0, 0.1) is 0 Å². The molecule has 3 heterocycles. The lowest BCUT2D eigenvalue weighted by atomic mass is 10.1. The molecule has 0 unspecified atom stereocenters. The highest BCUT2D eigenvalue weighted by Gasteiger charge is 2.19. The van der Waals surface area contributed by atoms with Gasteiger partial charge in [0, 0.05) is 30.4 Å². The van der Waals surface area contributed by atoms with Crippen LogP contribution in [0.2, 0.25) is 0 Å². The molecular formula is C16H15N3OS. The Bertz CT molecular complexity index is 742. The second kappa shape index (κ2) is 5.00. The van der Waals surface area contributed by atoms with Crippen LogP contribution in [-0.4, -0.2) is 29.4 Å². The van der Waals surface area contributed by atoms with Crippen molar-refractivity contribution in [1.29, 1.82) is 0 Å². The van der Waals surface area contributed by atoms with Crippen LogP contribution in [0.3, 0.4) is 0 Å². The SMILES string of the molecule is Oc1nc(N2CCCC2)sc1C=C1C=Nc2ccccc21. The van der Waals surface area contributed by atoms with E-state index in [1.807, 2.05) is 36.6 Å². The van der Waals surface area contributed by atoms with Crippen LogP contribution in [0.15, 0.2) is 29.3 Å². The van der Waals surface area contributed by atoms with Gasteiger partial charge in [-0.15, -0.1) is 0 Å². The second-order valence-electron chi connectivity index (χ2n) is 5.25. The van der Waals surface area contributed by atoms with E-state index < -0.39 is 0 Å². The van der Waals surface area contributed by atoms with Crippen molar-refractivity contribution in [1.82, 2.24) is 4.98 Å². The Balaban J connectivity index is 1.69. The Morgan fingerprint density at radius 2 is 2.00 bits per heavy atom. The first-order chi connectivity index (χ1) is 10.3. The van der Waals surface area contributed by atoms with Crippen molar-refractivity contribution in [3.05, 3.63) is 34.7 Å². The predicted octanol–water partition coefficient (Wildman–Crippen LogP) is 3.71. The first-order valence-corrected chi connectivity index (χ1v) is 7.93. The third kappa shape index (κ3) is 2.23. The topological polar surface area (TPSA) is 48.7 Å². The zero-order valence-electron chi connectivity index (χ0n) is 11.5. The number of benzene rings is 1. The van der Waals surface area contributed by atoms with Gasteiger partial charge in [-0.05, 0) is 25.0 Å². The van der Waals surface area contributed by atoms with Crippen LogP contribution < -0.4 is 4.90 Å². The number of nitrogens with zero attached hydrogens (tertiary/aromatic N) is 3. The van der Waals surface area contributed by atoms with E-state index in [1.54, 1.807) is 11.3 Å². The summed E-state index contributed by atoms with van der Waals surface area (Å²) in [7, 11) is 0. The van der Waals surface area contributed by atoms with E-state index >= 15 is 0 Å². The fourth-order valence-electron chi connectivity index (χ4n) is 2.75. The van der Waals surface area contributed by atoms with Gasteiger partial charge in [-0.3, -0.25) is 4.99 Å². The summed E-state index contributed by atoms with van der Waals surface area (Å²) < 4.78 is 0. The lowest BCUT2D eigenvalue weighted by Crippen LogP contribution is -2.16. The second-order valence-corrected chi connectivity index (χ2v) is 6.26. The molecule has 1 N–H and O–H groups in total. The predicted molar refractivity (Wildman–Crippen MR) is 87.7 cm³/mol. The summed E-state index contributed by atoms with van der Waals surface area (Å²) in [6.07, 6.45) is 6.23. The molecule has 0 bridgehead atoms. The van der Waals surface area contributed by atoms with Gasteiger partial charge in [0.1, 0.15) is 0 Å². The largest absolute Gasteiger partial charge is 0.492 e. The van der Waals surface area contributed by atoms with Crippen molar-refractivity contribution in [3.63, 3.8) is 0 Å². The lowest BCUT2D eigenvalue weighted by Gasteiger charge is -2.11. The van der Waals surface area contributed by atoms with Gasteiger partial charge in [0.2, 0.25) is 5.88 Å². The number of aromatic nitrogens is 1. The zero-order valence-corrected chi connectivity index (χ0v) is 12.3. The number of aliphatic imine (C=N–C) groups is 1. The Labute approximate surface area is 127 Å². The van der Waals surface area contributed by atoms with Crippen LogP contribution in [0.1, 0.15) is 23.3 Å². The van der Waals surface area contributed by atoms with Gasteiger partial charge in [-0.1, -0.05) is 29.5 Å². The highest BCUT2D eigenvalue weighted by molar-refractivity contribution is 7.16. The third-order valence-electron chi connectivity index (χ3n) is 3.84. The van der Waals surface area contributed by atoms with Crippen molar-refractivity contribution in [2.45, 2.75) is 12.8 Å². The number of hydrogen-bond donors (Lipinski definition) is 1. The van der Waals surface area contributed by atoms with Crippen LogP contribution in [0.4, 0.5) is 10.8 Å². The van der Waals surface area contributed by atoms with Crippen molar-refractivity contribution >= 4 is 40.0 Å². The van der Waals surface area contributed by atoms with Gasteiger partial charge in [0.05, 0.1) is 10.6 Å². The molecule has 1 aromatic heterocycles. The van der Waals surface area contributed by atoms with E-state index in [1.165, 1.54) is 12.8 Å². The lowest BCUT2D eigenvalue weighted by molar-refractivity contribution is 0.456. The Hall–Kier alpha value is -2.14. The van der Waals surface area contributed by atoms with E-state index in [-0.39, 0.29) is 5.88 Å². The number of rotatable bonds is 2. The first-order valence-electron chi connectivity index (χ1n) is 7.11. The number of hydrogen-bond acceptors (Lipinski definition) is 5. The van der Waals surface area contributed by atoms with Gasteiger partial charge in [-0.25, -0.2) is 0 Å². The molecule has 2 aliphatic heterocycles. The molecule has 0 radical (unpaired) electrons. The summed E-state index contributed by atoms with van der Waals surface area (Å²) in [5, 5.41) is 11.0. The minimum absolute atomic E-state index is 0.118. The molecule has 0 aliphatic carbocycles. The first kappa shape index (κ1) is 12.6. The normalized spacial score (nSPS) is 18.7. The molecule has 0 amide bonds. The number of thiazole rings is 1. The number of aromatic hydroxyl groups is 1. The summed E-state index contributed by atoms with van der Waals surface area (Å²) in [6.45, 7) is 2.07. The molecule has 1 aromatic carbocycles. The minimum atomic E-state index is 0.118. The maximum Gasteiger partial charge on any atom is 0.231 e. The Morgan fingerprint density at radius 1 is 1.19 bits per heavy atom. The van der Waals surface area contributed by atoms with Crippen LogP contribution >= 0.6 is 11.3 Å². The molecule has 5 heteroatoms.